The van der Waals surface area contributed by atoms with Crippen LogP contribution in [0.25, 0.3) is 22.0 Å². The van der Waals surface area contributed by atoms with E-state index < -0.39 is 0 Å². The Bertz CT molecular complexity index is 1770. The molecule has 2 aromatic heterocycles. The van der Waals surface area contributed by atoms with Crippen molar-refractivity contribution in [3.8, 4) is 16.9 Å². The molecule has 0 fully saturated rings. The van der Waals surface area contributed by atoms with Crippen LogP contribution in [0, 0.1) is 34.6 Å². The van der Waals surface area contributed by atoms with E-state index in [9.17, 15) is 4.79 Å². The molecule has 8 heteroatoms. The fourth-order valence-corrected chi connectivity index (χ4v) is 6.83. The van der Waals surface area contributed by atoms with E-state index in [-0.39, 0.29) is 5.91 Å². The van der Waals surface area contributed by atoms with Crippen molar-refractivity contribution in [2.45, 2.75) is 78.8 Å². The van der Waals surface area contributed by atoms with Crippen molar-refractivity contribution in [1.29, 1.82) is 0 Å². The second-order valence-electron chi connectivity index (χ2n) is 11.3. The zero-order valence-electron chi connectivity index (χ0n) is 26.5. The minimum absolute atomic E-state index is 0.00671. The summed E-state index contributed by atoms with van der Waals surface area (Å²) >= 11 is 7.71. The fraction of sp³-hybridized carbons (Fsp3) is 0.333. The Kier molecular flexibility index (Phi) is 10.1. The number of carbonyl (C=O) groups is 1. The molecule has 6 nitrogen and oxygen atoms in total. The van der Waals surface area contributed by atoms with Crippen molar-refractivity contribution in [3.63, 3.8) is 0 Å². The second kappa shape index (κ2) is 14.0. The van der Waals surface area contributed by atoms with Gasteiger partial charge in [0.25, 0.3) is 0 Å². The molecule has 0 saturated heterocycles. The molecule has 0 saturated carbocycles. The SMILES string of the molecule is CCn1nc(C)c(-c2cccc3c(CCCOc4cc(C)c(Cl)c(C)c4)c(C)n(CCC(=O)NSc4ccccc4)c23)c1C. The van der Waals surface area contributed by atoms with Gasteiger partial charge in [0, 0.05) is 57.3 Å². The van der Waals surface area contributed by atoms with E-state index in [0.717, 1.165) is 68.6 Å². The van der Waals surface area contributed by atoms with Gasteiger partial charge in [0.1, 0.15) is 5.75 Å². The van der Waals surface area contributed by atoms with Crippen molar-refractivity contribution in [2.24, 2.45) is 0 Å². The smallest absolute Gasteiger partial charge is 0.231 e. The number of benzene rings is 3. The number of halogens is 1. The van der Waals surface area contributed by atoms with E-state index in [4.69, 9.17) is 21.4 Å². The maximum Gasteiger partial charge on any atom is 0.231 e. The summed E-state index contributed by atoms with van der Waals surface area (Å²) in [5.41, 5.74) is 10.2. The summed E-state index contributed by atoms with van der Waals surface area (Å²) in [6, 6.07) is 20.5. The Hall–Kier alpha value is -3.68. The number of fused-ring (bicyclic) bond motifs is 1. The van der Waals surface area contributed by atoms with Crippen LogP contribution >= 0.6 is 23.5 Å². The number of carbonyl (C=O) groups excluding carboxylic acids is 1. The standard InChI is InChI=1S/C36H41ClN4O2S/c1-7-41-27(6)34(25(4)38-41)32-16-11-15-31-30(17-12-20-43-28-21-23(2)35(37)24(3)22-28)26(5)40(36(31)32)19-18-33(42)39-44-29-13-9-8-10-14-29/h8-11,13-16,21-22H,7,12,17-20H2,1-6H3,(H,39,42). The third kappa shape index (κ3) is 6.69. The van der Waals surface area contributed by atoms with Gasteiger partial charge in [-0.15, -0.1) is 0 Å². The maximum absolute atomic E-state index is 13.0. The number of aromatic nitrogens is 3. The summed E-state index contributed by atoms with van der Waals surface area (Å²) in [5.74, 6) is 0.858. The third-order valence-electron chi connectivity index (χ3n) is 8.26. The molecule has 1 amide bonds. The highest BCUT2D eigenvalue weighted by atomic mass is 35.5. The topological polar surface area (TPSA) is 61.1 Å². The number of amides is 1. The minimum atomic E-state index is 0.00671. The predicted octanol–water partition coefficient (Wildman–Crippen LogP) is 8.95. The summed E-state index contributed by atoms with van der Waals surface area (Å²) < 4.78 is 13.6. The first-order chi connectivity index (χ1) is 21.2. The summed E-state index contributed by atoms with van der Waals surface area (Å²) in [7, 11) is 0. The predicted molar refractivity (Wildman–Crippen MR) is 183 cm³/mol. The van der Waals surface area contributed by atoms with E-state index in [1.54, 1.807) is 0 Å². The quantitative estimate of drug-likeness (QED) is 0.111. The Morgan fingerprint density at radius 1 is 0.977 bits per heavy atom. The molecule has 0 unspecified atom stereocenters. The van der Waals surface area contributed by atoms with Crippen LogP contribution in [0.15, 0.2) is 65.6 Å². The molecule has 2 heterocycles. The van der Waals surface area contributed by atoms with E-state index in [0.29, 0.717) is 19.6 Å². The highest BCUT2D eigenvalue weighted by molar-refractivity contribution is 7.98. The molecule has 0 aliphatic carbocycles. The number of ether oxygens (including phenoxy) is 1. The maximum atomic E-state index is 13.0. The molecule has 0 bridgehead atoms. The van der Waals surface area contributed by atoms with Crippen molar-refractivity contribution in [3.05, 3.63) is 99.5 Å². The van der Waals surface area contributed by atoms with Crippen molar-refractivity contribution >= 4 is 40.4 Å². The Morgan fingerprint density at radius 2 is 1.70 bits per heavy atom. The molecular formula is C36H41ClN4O2S. The lowest BCUT2D eigenvalue weighted by Crippen LogP contribution is -2.18. The molecular weight excluding hydrogens is 588 g/mol. The van der Waals surface area contributed by atoms with Crippen LogP contribution in [0.4, 0.5) is 0 Å². The largest absolute Gasteiger partial charge is 0.494 e. The van der Waals surface area contributed by atoms with E-state index >= 15 is 0 Å². The first-order valence-corrected chi connectivity index (χ1v) is 16.4. The van der Waals surface area contributed by atoms with Crippen molar-refractivity contribution < 1.29 is 9.53 Å². The van der Waals surface area contributed by atoms with Gasteiger partial charge in [-0.2, -0.15) is 5.10 Å². The Labute approximate surface area is 269 Å². The molecule has 5 aromatic rings. The summed E-state index contributed by atoms with van der Waals surface area (Å²) in [6.07, 6.45) is 2.11. The normalized spacial score (nSPS) is 11.3. The molecule has 0 spiro atoms. The number of rotatable bonds is 12. The monoisotopic (exact) mass is 628 g/mol. The first kappa shape index (κ1) is 31.7. The summed E-state index contributed by atoms with van der Waals surface area (Å²) in [5, 5.41) is 6.83. The molecule has 0 atom stereocenters. The second-order valence-corrected chi connectivity index (χ2v) is 12.5. The molecule has 3 aromatic carbocycles. The average Bonchev–Trinajstić information content (AvgIpc) is 3.46. The van der Waals surface area contributed by atoms with Crippen LogP contribution in [-0.4, -0.2) is 26.9 Å². The lowest BCUT2D eigenvalue weighted by atomic mass is 9.98. The number of hydrogen-bond donors (Lipinski definition) is 1. The van der Waals surface area contributed by atoms with Gasteiger partial charge < -0.3 is 9.30 Å². The number of hydrogen-bond acceptors (Lipinski definition) is 4. The molecule has 230 valence electrons. The molecule has 0 aliphatic rings. The van der Waals surface area contributed by atoms with Gasteiger partial charge in [0.15, 0.2) is 0 Å². The fourth-order valence-electron chi connectivity index (χ4n) is 6.09. The highest BCUT2D eigenvalue weighted by Crippen LogP contribution is 2.38. The van der Waals surface area contributed by atoms with Crippen molar-refractivity contribution in [1.82, 2.24) is 19.1 Å². The van der Waals surface area contributed by atoms with Gasteiger partial charge >= 0.3 is 0 Å². The molecule has 0 radical (unpaired) electrons. The van der Waals surface area contributed by atoms with Crippen molar-refractivity contribution in [2.75, 3.05) is 6.61 Å². The lowest BCUT2D eigenvalue weighted by molar-refractivity contribution is -0.119. The number of aryl methyl sites for hydroxylation is 6. The lowest BCUT2D eigenvalue weighted by Gasteiger charge is -2.13. The van der Waals surface area contributed by atoms with Crippen LogP contribution in [-0.2, 0) is 24.3 Å². The van der Waals surface area contributed by atoms with Crippen LogP contribution in [0.1, 0.15) is 53.5 Å². The van der Waals surface area contributed by atoms with Gasteiger partial charge in [-0.25, -0.2) is 0 Å². The summed E-state index contributed by atoms with van der Waals surface area (Å²) in [4.78, 5) is 14.0. The number of nitrogens with one attached hydrogen (secondary N) is 1. The highest BCUT2D eigenvalue weighted by Gasteiger charge is 2.22. The molecule has 1 N–H and O–H groups in total. The van der Waals surface area contributed by atoms with Gasteiger partial charge in [-0.05, 0) is 107 Å². The van der Waals surface area contributed by atoms with E-state index in [2.05, 4.69) is 59.9 Å². The zero-order valence-corrected chi connectivity index (χ0v) is 28.0. The number of nitrogens with zero attached hydrogens (tertiary/aromatic N) is 3. The van der Waals surface area contributed by atoms with Gasteiger partial charge in [0.2, 0.25) is 5.91 Å². The Balaban J connectivity index is 1.43. The average molecular weight is 629 g/mol. The van der Waals surface area contributed by atoms with Crippen LogP contribution < -0.4 is 9.46 Å². The van der Waals surface area contributed by atoms with Gasteiger partial charge in [-0.1, -0.05) is 48.0 Å². The van der Waals surface area contributed by atoms with E-state index in [1.807, 2.05) is 56.3 Å². The van der Waals surface area contributed by atoms with Crippen LogP contribution in [0.2, 0.25) is 5.02 Å². The van der Waals surface area contributed by atoms with Crippen LogP contribution in [0.3, 0.4) is 0 Å². The first-order valence-electron chi connectivity index (χ1n) is 15.2. The van der Waals surface area contributed by atoms with E-state index in [1.165, 1.54) is 34.2 Å². The molecule has 44 heavy (non-hydrogen) atoms. The minimum Gasteiger partial charge on any atom is -0.494 e. The zero-order chi connectivity index (χ0) is 31.4. The van der Waals surface area contributed by atoms with Crippen LogP contribution in [0.5, 0.6) is 5.75 Å². The summed E-state index contributed by atoms with van der Waals surface area (Å²) in [6.45, 7) is 14.5. The number of para-hydroxylation sites is 1. The van der Waals surface area contributed by atoms with Gasteiger partial charge in [0.05, 0.1) is 17.8 Å². The Morgan fingerprint density at radius 3 is 2.39 bits per heavy atom. The molecule has 0 aliphatic heterocycles. The van der Waals surface area contributed by atoms with Gasteiger partial charge in [-0.3, -0.25) is 14.2 Å². The molecule has 5 rings (SSSR count). The third-order valence-corrected chi connectivity index (χ3v) is 9.70.